The van der Waals surface area contributed by atoms with Gasteiger partial charge in [0, 0.05) is 26.1 Å². The van der Waals surface area contributed by atoms with Gasteiger partial charge in [0.15, 0.2) is 5.96 Å². The van der Waals surface area contributed by atoms with Crippen LogP contribution in [-0.2, 0) is 6.42 Å². The van der Waals surface area contributed by atoms with E-state index in [1.807, 2.05) is 12.1 Å². The van der Waals surface area contributed by atoms with Gasteiger partial charge >= 0.3 is 0 Å². The predicted molar refractivity (Wildman–Crippen MR) is 80.4 cm³/mol. The van der Waals surface area contributed by atoms with E-state index in [-0.39, 0.29) is 0 Å². The second-order valence-electron chi connectivity index (χ2n) is 5.61. The molecule has 0 aliphatic carbocycles. The molecule has 0 saturated carbocycles. The zero-order valence-corrected chi connectivity index (χ0v) is 12.6. The Hall–Kier alpha value is -1.45. The summed E-state index contributed by atoms with van der Waals surface area (Å²) in [4.78, 5) is 4.58. The third-order valence-corrected chi connectivity index (χ3v) is 2.54. The zero-order chi connectivity index (χ0) is 14.1. The van der Waals surface area contributed by atoms with E-state index in [0.29, 0.717) is 11.8 Å². The average Bonchev–Trinajstić information content (AvgIpc) is 2.84. The highest BCUT2D eigenvalue weighted by molar-refractivity contribution is 5.79. The van der Waals surface area contributed by atoms with Crippen LogP contribution in [-0.4, -0.2) is 25.6 Å². The van der Waals surface area contributed by atoms with E-state index in [2.05, 4.69) is 43.3 Å². The number of guanidine groups is 1. The maximum atomic E-state index is 5.31. The fraction of sp³-hybridized carbons (Fsp3) is 0.667. The molecule has 0 fully saturated rings. The summed E-state index contributed by atoms with van der Waals surface area (Å²) in [5, 5.41) is 6.71. The van der Waals surface area contributed by atoms with Crippen LogP contribution in [0.1, 0.15) is 33.5 Å². The minimum Gasteiger partial charge on any atom is -0.469 e. The quantitative estimate of drug-likeness (QED) is 0.588. The van der Waals surface area contributed by atoms with Crippen molar-refractivity contribution in [3.05, 3.63) is 24.2 Å². The van der Waals surface area contributed by atoms with Gasteiger partial charge in [-0.3, -0.25) is 4.99 Å². The number of hydrogen-bond acceptors (Lipinski definition) is 2. The van der Waals surface area contributed by atoms with E-state index in [1.54, 1.807) is 6.26 Å². The fourth-order valence-corrected chi connectivity index (χ4v) is 1.51. The average molecular weight is 265 g/mol. The Morgan fingerprint density at radius 1 is 1.21 bits per heavy atom. The topological polar surface area (TPSA) is 49.6 Å². The van der Waals surface area contributed by atoms with Gasteiger partial charge in [-0.15, -0.1) is 0 Å². The zero-order valence-electron chi connectivity index (χ0n) is 12.6. The van der Waals surface area contributed by atoms with Gasteiger partial charge in [-0.1, -0.05) is 27.7 Å². The first kappa shape index (κ1) is 15.6. The van der Waals surface area contributed by atoms with Gasteiger partial charge in [-0.05, 0) is 24.0 Å². The summed E-state index contributed by atoms with van der Waals surface area (Å²) in [7, 11) is 0. The first-order valence-corrected chi connectivity index (χ1v) is 7.12. The van der Waals surface area contributed by atoms with Crippen molar-refractivity contribution in [2.75, 3.05) is 19.6 Å². The van der Waals surface area contributed by atoms with E-state index in [0.717, 1.165) is 37.8 Å². The van der Waals surface area contributed by atoms with E-state index >= 15 is 0 Å². The monoisotopic (exact) mass is 265 g/mol. The van der Waals surface area contributed by atoms with E-state index in [1.165, 1.54) is 0 Å². The number of nitrogens with zero attached hydrogens (tertiary/aromatic N) is 1. The third kappa shape index (κ3) is 7.54. The lowest BCUT2D eigenvalue weighted by Gasteiger charge is -2.14. The van der Waals surface area contributed by atoms with E-state index in [9.17, 15) is 0 Å². The van der Waals surface area contributed by atoms with Crippen molar-refractivity contribution in [2.45, 2.75) is 34.1 Å². The second kappa shape index (κ2) is 8.62. The van der Waals surface area contributed by atoms with Gasteiger partial charge < -0.3 is 15.1 Å². The Morgan fingerprint density at radius 2 is 2.00 bits per heavy atom. The fourth-order valence-electron chi connectivity index (χ4n) is 1.51. The van der Waals surface area contributed by atoms with Crippen molar-refractivity contribution < 1.29 is 4.42 Å². The van der Waals surface area contributed by atoms with Crippen molar-refractivity contribution >= 4 is 5.96 Å². The van der Waals surface area contributed by atoms with Crippen LogP contribution in [0.5, 0.6) is 0 Å². The Bertz CT molecular complexity index is 355. The highest BCUT2D eigenvalue weighted by atomic mass is 16.3. The Kier molecular flexibility index (Phi) is 7.08. The molecule has 1 rings (SSSR count). The third-order valence-electron chi connectivity index (χ3n) is 2.54. The molecule has 2 N–H and O–H groups in total. The molecule has 0 radical (unpaired) electrons. The predicted octanol–water partition coefficient (Wildman–Crippen LogP) is 2.67. The largest absolute Gasteiger partial charge is 0.469 e. The van der Waals surface area contributed by atoms with Gasteiger partial charge in [-0.2, -0.15) is 0 Å². The van der Waals surface area contributed by atoms with Gasteiger partial charge in [0.25, 0.3) is 0 Å². The first-order valence-electron chi connectivity index (χ1n) is 7.12. The van der Waals surface area contributed by atoms with Crippen LogP contribution in [0.25, 0.3) is 0 Å². The molecule has 0 amide bonds. The van der Waals surface area contributed by atoms with Gasteiger partial charge in [0.05, 0.1) is 6.26 Å². The highest BCUT2D eigenvalue weighted by Crippen LogP contribution is 1.99. The molecule has 0 bridgehead atoms. The van der Waals surface area contributed by atoms with E-state index < -0.39 is 0 Å². The van der Waals surface area contributed by atoms with Crippen molar-refractivity contribution in [3.8, 4) is 0 Å². The Morgan fingerprint density at radius 3 is 2.58 bits per heavy atom. The van der Waals surface area contributed by atoms with Crippen LogP contribution in [0.4, 0.5) is 0 Å². The Balaban J connectivity index is 2.37. The molecule has 1 aromatic rings. The molecule has 0 atom stereocenters. The molecule has 0 aromatic carbocycles. The molecule has 0 unspecified atom stereocenters. The summed E-state index contributed by atoms with van der Waals surface area (Å²) in [6.45, 7) is 11.3. The lowest BCUT2D eigenvalue weighted by molar-refractivity contribution is 0.506. The molecule has 0 aliphatic heterocycles. The highest BCUT2D eigenvalue weighted by Gasteiger charge is 2.02. The van der Waals surface area contributed by atoms with Crippen molar-refractivity contribution in [2.24, 2.45) is 16.8 Å². The Labute approximate surface area is 116 Å². The number of hydrogen-bond donors (Lipinski definition) is 2. The first-order chi connectivity index (χ1) is 9.08. The summed E-state index contributed by atoms with van der Waals surface area (Å²) >= 11 is 0. The van der Waals surface area contributed by atoms with Crippen LogP contribution >= 0.6 is 0 Å². The van der Waals surface area contributed by atoms with Crippen molar-refractivity contribution in [3.63, 3.8) is 0 Å². The molecule has 0 saturated heterocycles. The van der Waals surface area contributed by atoms with Gasteiger partial charge in [0.2, 0.25) is 0 Å². The van der Waals surface area contributed by atoms with Gasteiger partial charge in [0.1, 0.15) is 5.76 Å². The van der Waals surface area contributed by atoms with Crippen molar-refractivity contribution in [1.29, 1.82) is 0 Å². The molecule has 1 heterocycles. The molecule has 0 spiro atoms. The molecular weight excluding hydrogens is 238 g/mol. The SMILES string of the molecule is CC(C)CN=C(NCCc1ccco1)NCC(C)C. The number of nitrogens with one attached hydrogen (secondary N) is 2. The van der Waals surface area contributed by atoms with Crippen molar-refractivity contribution in [1.82, 2.24) is 10.6 Å². The minimum atomic E-state index is 0.572. The summed E-state index contributed by atoms with van der Waals surface area (Å²) in [6.07, 6.45) is 2.58. The van der Waals surface area contributed by atoms with Crippen LogP contribution < -0.4 is 10.6 Å². The molecule has 0 aliphatic rings. The lowest BCUT2D eigenvalue weighted by atomic mass is 10.2. The lowest BCUT2D eigenvalue weighted by Crippen LogP contribution is -2.40. The number of aliphatic imine (C=N–C) groups is 1. The standard InChI is InChI=1S/C15H27N3O/c1-12(2)10-17-15(18-11-13(3)4)16-8-7-14-6-5-9-19-14/h5-6,9,12-13H,7-8,10-11H2,1-4H3,(H2,16,17,18). The van der Waals surface area contributed by atoms with Crippen LogP contribution in [0.3, 0.4) is 0 Å². The molecule has 1 aromatic heterocycles. The summed E-state index contributed by atoms with van der Waals surface area (Å²) in [6, 6.07) is 3.91. The molecule has 108 valence electrons. The maximum absolute atomic E-state index is 5.31. The van der Waals surface area contributed by atoms with E-state index in [4.69, 9.17) is 4.42 Å². The minimum absolute atomic E-state index is 0.572. The van der Waals surface area contributed by atoms with Crippen LogP contribution in [0, 0.1) is 11.8 Å². The molecule has 4 nitrogen and oxygen atoms in total. The number of rotatable bonds is 7. The maximum Gasteiger partial charge on any atom is 0.191 e. The van der Waals surface area contributed by atoms with Crippen LogP contribution in [0.2, 0.25) is 0 Å². The number of furan rings is 1. The summed E-state index contributed by atoms with van der Waals surface area (Å²) < 4.78 is 5.31. The summed E-state index contributed by atoms with van der Waals surface area (Å²) in [5.74, 6) is 3.08. The van der Waals surface area contributed by atoms with Gasteiger partial charge in [-0.25, -0.2) is 0 Å². The smallest absolute Gasteiger partial charge is 0.191 e. The molecular formula is C15H27N3O. The second-order valence-corrected chi connectivity index (χ2v) is 5.61. The normalized spacial score (nSPS) is 12.2. The van der Waals surface area contributed by atoms with Crippen LogP contribution in [0.15, 0.2) is 27.8 Å². The molecule has 19 heavy (non-hydrogen) atoms. The summed E-state index contributed by atoms with van der Waals surface area (Å²) in [5.41, 5.74) is 0. The molecule has 4 heteroatoms.